The smallest absolute Gasteiger partial charge is 0.239 e. The van der Waals surface area contributed by atoms with Gasteiger partial charge in [-0.1, -0.05) is 37.3 Å². The SMILES string of the molecule is CN=C(NCC(=O)NCCOC)N1CCC(c2ccccc2)C(C)C1. The van der Waals surface area contributed by atoms with Crippen LogP contribution in [-0.4, -0.2) is 63.7 Å². The monoisotopic (exact) mass is 346 g/mol. The Morgan fingerprint density at radius 2 is 2.08 bits per heavy atom. The van der Waals surface area contributed by atoms with Crippen molar-refractivity contribution in [3.63, 3.8) is 0 Å². The van der Waals surface area contributed by atoms with E-state index < -0.39 is 0 Å². The highest BCUT2D eigenvalue weighted by atomic mass is 16.5. The van der Waals surface area contributed by atoms with Gasteiger partial charge < -0.3 is 20.3 Å². The number of methoxy groups -OCH3 is 1. The zero-order valence-corrected chi connectivity index (χ0v) is 15.5. The maximum absolute atomic E-state index is 11.8. The second-order valence-corrected chi connectivity index (χ2v) is 6.47. The van der Waals surface area contributed by atoms with E-state index in [1.807, 2.05) is 0 Å². The van der Waals surface area contributed by atoms with Crippen molar-refractivity contribution in [2.24, 2.45) is 10.9 Å². The third kappa shape index (κ3) is 5.74. The maximum atomic E-state index is 11.8. The Balaban J connectivity index is 1.83. The zero-order chi connectivity index (χ0) is 18.1. The lowest BCUT2D eigenvalue weighted by atomic mass is 9.82. The predicted octanol–water partition coefficient (Wildman–Crippen LogP) is 1.45. The van der Waals surface area contributed by atoms with Crippen LogP contribution in [0.1, 0.15) is 24.8 Å². The molecule has 138 valence electrons. The number of amides is 1. The van der Waals surface area contributed by atoms with E-state index in [1.165, 1.54) is 5.56 Å². The molecule has 6 nitrogen and oxygen atoms in total. The van der Waals surface area contributed by atoms with Gasteiger partial charge in [-0.2, -0.15) is 0 Å². The molecule has 2 atom stereocenters. The Kier molecular flexibility index (Phi) is 7.73. The lowest BCUT2D eigenvalue weighted by Gasteiger charge is -2.38. The maximum Gasteiger partial charge on any atom is 0.239 e. The van der Waals surface area contributed by atoms with Gasteiger partial charge in [-0.05, 0) is 23.8 Å². The fourth-order valence-electron chi connectivity index (χ4n) is 3.38. The lowest BCUT2D eigenvalue weighted by molar-refractivity contribution is -0.120. The molecule has 2 N–H and O–H groups in total. The Morgan fingerprint density at radius 3 is 2.72 bits per heavy atom. The number of aliphatic imine (C=N–C) groups is 1. The molecule has 2 rings (SSSR count). The second kappa shape index (κ2) is 10.0. The van der Waals surface area contributed by atoms with Crippen LogP contribution >= 0.6 is 0 Å². The first-order valence-electron chi connectivity index (χ1n) is 8.92. The van der Waals surface area contributed by atoms with Gasteiger partial charge in [-0.15, -0.1) is 0 Å². The van der Waals surface area contributed by atoms with Crippen LogP contribution in [0.5, 0.6) is 0 Å². The van der Waals surface area contributed by atoms with Crippen molar-refractivity contribution in [3.8, 4) is 0 Å². The van der Waals surface area contributed by atoms with Crippen LogP contribution in [-0.2, 0) is 9.53 Å². The third-order valence-electron chi connectivity index (χ3n) is 4.68. The molecule has 0 saturated carbocycles. The first-order chi connectivity index (χ1) is 12.2. The van der Waals surface area contributed by atoms with Gasteiger partial charge >= 0.3 is 0 Å². The molecule has 0 aromatic heterocycles. The Bertz CT molecular complexity index is 562. The van der Waals surface area contributed by atoms with Crippen molar-refractivity contribution in [1.29, 1.82) is 0 Å². The van der Waals surface area contributed by atoms with Gasteiger partial charge in [-0.25, -0.2) is 0 Å². The van der Waals surface area contributed by atoms with Crippen molar-refractivity contribution < 1.29 is 9.53 Å². The average molecular weight is 346 g/mol. The topological polar surface area (TPSA) is 66.0 Å². The van der Waals surface area contributed by atoms with Gasteiger partial charge in [0.15, 0.2) is 5.96 Å². The van der Waals surface area contributed by atoms with Crippen LogP contribution in [0.3, 0.4) is 0 Å². The number of carbonyl (C=O) groups is 1. The molecule has 1 aliphatic rings. The summed E-state index contributed by atoms with van der Waals surface area (Å²) in [4.78, 5) is 18.4. The molecule has 1 aliphatic heterocycles. The van der Waals surface area contributed by atoms with Crippen molar-refractivity contribution in [2.45, 2.75) is 19.3 Å². The highest BCUT2D eigenvalue weighted by molar-refractivity contribution is 5.86. The number of ether oxygens (including phenoxy) is 1. The largest absolute Gasteiger partial charge is 0.383 e. The van der Waals surface area contributed by atoms with Gasteiger partial charge in [0.2, 0.25) is 5.91 Å². The van der Waals surface area contributed by atoms with Crippen LogP contribution in [0.4, 0.5) is 0 Å². The van der Waals surface area contributed by atoms with Gasteiger partial charge in [0.25, 0.3) is 0 Å². The third-order valence-corrected chi connectivity index (χ3v) is 4.68. The summed E-state index contributed by atoms with van der Waals surface area (Å²) in [6, 6.07) is 10.7. The van der Waals surface area contributed by atoms with Gasteiger partial charge in [0.1, 0.15) is 0 Å². The van der Waals surface area contributed by atoms with E-state index in [-0.39, 0.29) is 12.5 Å². The summed E-state index contributed by atoms with van der Waals surface area (Å²) >= 11 is 0. The molecule has 0 bridgehead atoms. The number of nitrogens with zero attached hydrogens (tertiary/aromatic N) is 2. The van der Waals surface area contributed by atoms with E-state index in [4.69, 9.17) is 4.74 Å². The summed E-state index contributed by atoms with van der Waals surface area (Å²) < 4.78 is 4.93. The molecule has 25 heavy (non-hydrogen) atoms. The standard InChI is InChI=1S/C19H30N4O2/c1-15-14-23(11-9-17(15)16-7-5-4-6-8-16)19(20-2)22-13-18(24)21-10-12-25-3/h4-8,15,17H,9-14H2,1-3H3,(H,20,22)(H,21,24). The molecule has 2 unspecified atom stereocenters. The number of hydrogen-bond donors (Lipinski definition) is 2. The normalized spacial score (nSPS) is 21.1. The van der Waals surface area contributed by atoms with Crippen LogP contribution in [0.25, 0.3) is 0 Å². The summed E-state index contributed by atoms with van der Waals surface area (Å²) in [6.07, 6.45) is 1.09. The summed E-state index contributed by atoms with van der Waals surface area (Å²) in [7, 11) is 3.38. The molecule has 1 amide bonds. The summed E-state index contributed by atoms with van der Waals surface area (Å²) in [6.45, 7) is 5.43. The quantitative estimate of drug-likeness (QED) is 0.465. The number of guanidine groups is 1. The van der Waals surface area contributed by atoms with E-state index in [0.29, 0.717) is 25.0 Å². The molecule has 1 saturated heterocycles. The average Bonchev–Trinajstić information content (AvgIpc) is 2.63. The number of carbonyl (C=O) groups excluding carboxylic acids is 1. The molecule has 1 heterocycles. The predicted molar refractivity (Wildman–Crippen MR) is 101 cm³/mol. The molecule has 1 fully saturated rings. The van der Waals surface area contributed by atoms with Crippen LogP contribution in [0, 0.1) is 5.92 Å². The number of likely N-dealkylation sites (tertiary alicyclic amines) is 1. The van der Waals surface area contributed by atoms with Crippen LogP contribution in [0.2, 0.25) is 0 Å². The number of benzene rings is 1. The summed E-state index contributed by atoms with van der Waals surface area (Å²) in [5.41, 5.74) is 1.41. The van der Waals surface area contributed by atoms with Crippen molar-refractivity contribution in [1.82, 2.24) is 15.5 Å². The molecular weight excluding hydrogens is 316 g/mol. The first kappa shape index (κ1) is 19.2. The highest BCUT2D eigenvalue weighted by Gasteiger charge is 2.28. The van der Waals surface area contributed by atoms with Crippen LogP contribution in [0.15, 0.2) is 35.3 Å². The molecule has 0 spiro atoms. The minimum Gasteiger partial charge on any atom is -0.383 e. The minimum absolute atomic E-state index is 0.0505. The molecule has 0 aliphatic carbocycles. The van der Waals surface area contributed by atoms with E-state index in [2.05, 4.69) is 57.8 Å². The zero-order valence-electron chi connectivity index (χ0n) is 15.5. The summed E-state index contributed by atoms with van der Waals surface area (Å²) in [5.74, 6) is 1.85. The van der Waals surface area contributed by atoms with E-state index in [9.17, 15) is 4.79 Å². The second-order valence-electron chi connectivity index (χ2n) is 6.47. The molecule has 6 heteroatoms. The minimum atomic E-state index is -0.0505. The van der Waals surface area contributed by atoms with Gasteiger partial charge in [0, 0.05) is 33.8 Å². The number of nitrogens with one attached hydrogen (secondary N) is 2. The fraction of sp³-hybridized carbons (Fsp3) is 0.579. The lowest BCUT2D eigenvalue weighted by Crippen LogP contribution is -2.50. The Labute approximate surface area is 150 Å². The van der Waals surface area contributed by atoms with Crippen molar-refractivity contribution >= 4 is 11.9 Å². The van der Waals surface area contributed by atoms with Crippen molar-refractivity contribution in [2.75, 3.05) is 46.9 Å². The number of hydrogen-bond acceptors (Lipinski definition) is 3. The molecule has 1 aromatic rings. The molecular formula is C19H30N4O2. The van der Waals surface area contributed by atoms with Gasteiger partial charge in [0.05, 0.1) is 13.2 Å². The van der Waals surface area contributed by atoms with Crippen molar-refractivity contribution in [3.05, 3.63) is 35.9 Å². The molecule has 1 aromatic carbocycles. The Hall–Kier alpha value is -2.08. The van der Waals surface area contributed by atoms with E-state index >= 15 is 0 Å². The van der Waals surface area contributed by atoms with E-state index in [1.54, 1.807) is 14.2 Å². The number of piperidine rings is 1. The van der Waals surface area contributed by atoms with Crippen LogP contribution < -0.4 is 10.6 Å². The first-order valence-corrected chi connectivity index (χ1v) is 8.92. The summed E-state index contributed by atoms with van der Waals surface area (Å²) in [5, 5.41) is 5.97. The highest BCUT2D eigenvalue weighted by Crippen LogP contribution is 2.32. The van der Waals surface area contributed by atoms with Gasteiger partial charge in [-0.3, -0.25) is 9.79 Å². The number of rotatable bonds is 6. The molecule has 0 radical (unpaired) electrons. The van der Waals surface area contributed by atoms with E-state index in [0.717, 1.165) is 25.5 Å². The Morgan fingerprint density at radius 1 is 1.32 bits per heavy atom. The fourth-order valence-corrected chi connectivity index (χ4v) is 3.38.